The summed E-state index contributed by atoms with van der Waals surface area (Å²) in [5.41, 5.74) is 0. The van der Waals surface area contributed by atoms with Gasteiger partial charge in [-0.25, -0.2) is 0 Å². The smallest absolute Gasteiger partial charge is 0.175 e. The molecule has 5 fully saturated rings. The molecule has 0 aromatic carbocycles. The zero-order valence-corrected chi connectivity index (χ0v) is 7.35. The van der Waals surface area contributed by atoms with E-state index in [2.05, 4.69) is 12.2 Å². The van der Waals surface area contributed by atoms with Crippen molar-refractivity contribution in [3.8, 4) is 0 Å². The van der Waals surface area contributed by atoms with Gasteiger partial charge < -0.3 is 9.47 Å². The Bertz CT molecular complexity index is 309. The summed E-state index contributed by atoms with van der Waals surface area (Å²) in [6, 6.07) is 0. The normalized spacial score (nSPS) is 67.1. The first kappa shape index (κ1) is 6.20. The summed E-state index contributed by atoms with van der Waals surface area (Å²) in [4.78, 5) is 0. The van der Waals surface area contributed by atoms with Gasteiger partial charge in [0.15, 0.2) is 5.79 Å². The molecule has 0 radical (unpaired) electrons. The number of ether oxygens (including phenoxy) is 2. The van der Waals surface area contributed by atoms with Crippen LogP contribution in [0.1, 0.15) is 0 Å². The summed E-state index contributed by atoms with van der Waals surface area (Å²) >= 11 is 0. The van der Waals surface area contributed by atoms with Crippen molar-refractivity contribution in [3.05, 3.63) is 12.2 Å². The van der Waals surface area contributed by atoms with Crippen LogP contribution in [-0.2, 0) is 9.47 Å². The third kappa shape index (κ3) is 0.408. The molecule has 2 nitrogen and oxygen atoms in total. The van der Waals surface area contributed by atoms with Crippen molar-refractivity contribution in [2.24, 2.45) is 35.5 Å². The quantitative estimate of drug-likeness (QED) is 0.513. The lowest BCUT2D eigenvalue weighted by molar-refractivity contribution is -0.188. The number of allylic oxidation sites excluding steroid dienone is 2. The average molecular weight is 176 g/mol. The van der Waals surface area contributed by atoms with Gasteiger partial charge in [-0.05, 0) is 23.7 Å². The first-order valence-corrected chi connectivity index (χ1v) is 5.40. The van der Waals surface area contributed by atoms with E-state index in [-0.39, 0.29) is 5.79 Å². The summed E-state index contributed by atoms with van der Waals surface area (Å²) < 4.78 is 11.9. The summed E-state index contributed by atoms with van der Waals surface area (Å²) in [5, 5.41) is 0. The molecule has 4 unspecified atom stereocenters. The summed E-state index contributed by atoms with van der Waals surface area (Å²) in [6.07, 6.45) is 4.85. The van der Waals surface area contributed by atoms with Crippen molar-refractivity contribution in [2.45, 2.75) is 5.79 Å². The molecule has 6 bridgehead atoms. The predicted octanol–water partition coefficient (Wildman–Crippen LogP) is 1.04. The molecule has 1 saturated heterocycles. The fourth-order valence-electron chi connectivity index (χ4n) is 4.96. The van der Waals surface area contributed by atoms with E-state index < -0.39 is 0 Å². The van der Waals surface area contributed by atoms with Crippen LogP contribution in [0.25, 0.3) is 0 Å². The monoisotopic (exact) mass is 176 g/mol. The molecule has 1 spiro atoms. The fourth-order valence-corrected chi connectivity index (χ4v) is 4.96. The molecule has 68 valence electrons. The van der Waals surface area contributed by atoms with Gasteiger partial charge >= 0.3 is 0 Å². The van der Waals surface area contributed by atoms with E-state index >= 15 is 0 Å². The molecule has 4 saturated carbocycles. The van der Waals surface area contributed by atoms with Crippen LogP contribution in [0.4, 0.5) is 0 Å². The van der Waals surface area contributed by atoms with Gasteiger partial charge in [0.25, 0.3) is 0 Å². The van der Waals surface area contributed by atoms with Crippen molar-refractivity contribution in [1.29, 1.82) is 0 Å². The Kier molecular flexibility index (Phi) is 0.718. The fraction of sp³-hybridized carbons (Fsp3) is 0.818. The molecule has 6 rings (SSSR count). The van der Waals surface area contributed by atoms with E-state index in [4.69, 9.17) is 9.47 Å². The number of hydrogen-bond acceptors (Lipinski definition) is 2. The molecule has 1 aliphatic heterocycles. The van der Waals surface area contributed by atoms with E-state index in [1.165, 1.54) is 0 Å². The molecule has 0 aromatic heterocycles. The Balaban J connectivity index is 1.74. The van der Waals surface area contributed by atoms with E-state index in [0.717, 1.165) is 42.8 Å². The highest BCUT2D eigenvalue weighted by molar-refractivity contribution is 5.38. The second-order valence-corrected chi connectivity index (χ2v) is 5.16. The molecule has 1 heterocycles. The first-order valence-electron chi connectivity index (χ1n) is 5.40. The average Bonchev–Trinajstić information content (AvgIpc) is 2.65. The highest BCUT2D eigenvalue weighted by Gasteiger charge is 2.86. The Morgan fingerprint density at radius 2 is 1.54 bits per heavy atom. The molecule has 6 aliphatic rings. The van der Waals surface area contributed by atoms with Gasteiger partial charge in [-0.1, -0.05) is 12.2 Å². The standard InChI is InChI=1S/C11H12O2/c1-2-6-8-7-5(1)9(6)11(10(7)8)12-3-4-13-11/h1-2,5-10H,3-4H2. The van der Waals surface area contributed by atoms with Crippen LogP contribution in [0.3, 0.4) is 0 Å². The lowest BCUT2D eigenvalue weighted by Crippen LogP contribution is -2.36. The molecule has 5 aliphatic carbocycles. The van der Waals surface area contributed by atoms with Crippen molar-refractivity contribution in [3.63, 3.8) is 0 Å². The lowest BCUT2D eigenvalue weighted by Gasteiger charge is -2.28. The zero-order valence-electron chi connectivity index (χ0n) is 7.35. The molecule has 0 amide bonds. The Hall–Kier alpha value is -0.340. The summed E-state index contributed by atoms with van der Waals surface area (Å²) in [7, 11) is 0. The molecular weight excluding hydrogens is 164 g/mol. The highest BCUT2D eigenvalue weighted by atomic mass is 16.7. The molecule has 2 heteroatoms. The molecule has 0 N–H and O–H groups in total. The van der Waals surface area contributed by atoms with Crippen LogP contribution in [-0.4, -0.2) is 19.0 Å². The van der Waals surface area contributed by atoms with Gasteiger partial charge in [0.2, 0.25) is 0 Å². The molecular formula is C11H12O2. The van der Waals surface area contributed by atoms with Crippen molar-refractivity contribution in [2.75, 3.05) is 13.2 Å². The SMILES string of the molecule is C1=CC2C3C4C1C2C1(OCCO1)C43. The third-order valence-electron chi connectivity index (χ3n) is 5.07. The third-order valence-corrected chi connectivity index (χ3v) is 5.07. The van der Waals surface area contributed by atoms with Crippen LogP contribution in [0.2, 0.25) is 0 Å². The van der Waals surface area contributed by atoms with Gasteiger partial charge in [-0.15, -0.1) is 0 Å². The van der Waals surface area contributed by atoms with Crippen LogP contribution in [0.5, 0.6) is 0 Å². The Morgan fingerprint density at radius 1 is 0.923 bits per heavy atom. The van der Waals surface area contributed by atoms with Gasteiger partial charge in [0.1, 0.15) is 0 Å². The maximum atomic E-state index is 5.93. The number of hydrogen-bond donors (Lipinski definition) is 0. The van der Waals surface area contributed by atoms with Crippen molar-refractivity contribution < 1.29 is 9.47 Å². The Labute approximate surface area is 76.9 Å². The van der Waals surface area contributed by atoms with E-state index in [9.17, 15) is 0 Å². The van der Waals surface area contributed by atoms with E-state index in [0.29, 0.717) is 5.92 Å². The van der Waals surface area contributed by atoms with Gasteiger partial charge in [-0.2, -0.15) is 0 Å². The predicted molar refractivity (Wildman–Crippen MR) is 44.7 cm³/mol. The van der Waals surface area contributed by atoms with E-state index in [1.54, 1.807) is 0 Å². The number of rotatable bonds is 0. The molecule has 0 aromatic rings. The minimum Gasteiger partial charge on any atom is -0.347 e. The van der Waals surface area contributed by atoms with E-state index in [1.807, 2.05) is 0 Å². The van der Waals surface area contributed by atoms with Crippen LogP contribution in [0, 0.1) is 35.5 Å². The minimum atomic E-state index is -0.103. The first-order chi connectivity index (χ1) is 6.43. The second kappa shape index (κ2) is 1.51. The maximum absolute atomic E-state index is 5.93. The largest absolute Gasteiger partial charge is 0.347 e. The topological polar surface area (TPSA) is 18.5 Å². The van der Waals surface area contributed by atoms with Crippen molar-refractivity contribution >= 4 is 0 Å². The molecule has 4 atom stereocenters. The summed E-state index contributed by atoms with van der Waals surface area (Å²) in [5.74, 6) is 4.89. The van der Waals surface area contributed by atoms with Crippen molar-refractivity contribution in [1.82, 2.24) is 0 Å². The van der Waals surface area contributed by atoms with Crippen LogP contribution >= 0.6 is 0 Å². The lowest BCUT2D eigenvalue weighted by atomic mass is 9.95. The Morgan fingerprint density at radius 3 is 2.08 bits per heavy atom. The van der Waals surface area contributed by atoms with Gasteiger partial charge in [0, 0.05) is 11.8 Å². The second-order valence-electron chi connectivity index (χ2n) is 5.16. The highest BCUT2D eigenvalue weighted by Crippen LogP contribution is 2.83. The van der Waals surface area contributed by atoms with Gasteiger partial charge in [0.05, 0.1) is 13.2 Å². The van der Waals surface area contributed by atoms with Gasteiger partial charge in [-0.3, -0.25) is 0 Å². The molecule has 13 heavy (non-hydrogen) atoms. The summed E-state index contributed by atoms with van der Waals surface area (Å²) in [6.45, 7) is 1.65. The maximum Gasteiger partial charge on any atom is 0.175 e. The minimum absolute atomic E-state index is 0.103. The zero-order chi connectivity index (χ0) is 8.21. The van der Waals surface area contributed by atoms with Crippen LogP contribution in [0.15, 0.2) is 12.2 Å². The van der Waals surface area contributed by atoms with Crippen LogP contribution < -0.4 is 0 Å².